The molecule has 8 heteroatoms. The van der Waals surface area contributed by atoms with Gasteiger partial charge in [-0.25, -0.2) is 19.2 Å². The van der Waals surface area contributed by atoms with E-state index < -0.39 is 17.8 Å². The maximum atomic E-state index is 11.9. The molecule has 0 aliphatic carbocycles. The van der Waals surface area contributed by atoms with Crippen molar-refractivity contribution in [2.75, 3.05) is 0 Å². The predicted molar refractivity (Wildman–Crippen MR) is 63.5 cm³/mol. The van der Waals surface area contributed by atoms with Crippen molar-refractivity contribution >= 4 is 24.1 Å². The monoisotopic (exact) mass is 276 g/mol. The van der Waals surface area contributed by atoms with Crippen molar-refractivity contribution in [1.29, 1.82) is 0 Å². The Bertz CT molecular complexity index is 623. The van der Waals surface area contributed by atoms with E-state index in [9.17, 15) is 19.2 Å². The van der Waals surface area contributed by atoms with Crippen LogP contribution < -0.4 is 0 Å². The molecule has 0 aliphatic heterocycles. The molecule has 0 aliphatic rings. The second-order valence-corrected chi connectivity index (χ2v) is 3.58. The lowest BCUT2D eigenvalue weighted by Gasteiger charge is -2.17. The van der Waals surface area contributed by atoms with Gasteiger partial charge in [0.1, 0.15) is 0 Å². The number of esters is 1. The standard InChI is InChI=1S/C12H8N2O6/c1-12(13-6-15,14-7-16)20-11(19)9-5-3-2-4-8(9)10(17)18/h2-5H,1H3,(H,17,18). The molecule has 102 valence electrons. The van der Waals surface area contributed by atoms with Crippen LogP contribution in [0.15, 0.2) is 34.3 Å². The number of carboxylic acid groups (broad SMARTS) is 1. The summed E-state index contributed by atoms with van der Waals surface area (Å²) in [7, 11) is 0. The summed E-state index contributed by atoms with van der Waals surface area (Å²) in [6.45, 7) is 1.05. The third-order valence-corrected chi connectivity index (χ3v) is 2.17. The van der Waals surface area contributed by atoms with Gasteiger partial charge in [0, 0.05) is 6.92 Å². The fraction of sp³-hybridized carbons (Fsp3) is 0.167. The highest BCUT2D eigenvalue weighted by molar-refractivity contribution is 6.02. The minimum absolute atomic E-state index is 0.270. The zero-order valence-corrected chi connectivity index (χ0v) is 10.2. The van der Waals surface area contributed by atoms with Gasteiger partial charge in [0.25, 0.3) is 0 Å². The maximum Gasteiger partial charge on any atom is 0.342 e. The van der Waals surface area contributed by atoms with Gasteiger partial charge in [-0.3, -0.25) is 0 Å². The van der Waals surface area contributed by atoms with Crippen LogP contribution in [0.2, 0.25) is 0 Å². The number of isocyanates is 2. The van der Waals surface area contributed by atoms with Gasteiger partial charge in [-0.1, -0.05) is 12.1 Å². The average Bonchev–Trinajstić information content (AvgIpc) is 2.38. The number of hydrogen-bond acceptors (Lipinski definition) is 7. The van der Waals surface area contributed by atoms with Crippen LogP contribution in [0.1, 0.15) is 27.6 Å². The van der Waals surface area contributed by atoms with Gasteiger partial charge >= 0.3 is 17.8 Å². The van der Waals surface area contributed by atoms with Crippen LogP contribution in [-0.2, 0) is 14.3 Å². The summed E-state index contributed by atoms with van der Waals surface area (Å²) in [5.74, 6) is -4.58. The number of rotatable bonds is 5. The smallest absolute Gasteiger partial charge is 0.342 e. The molecule has 0 heterocycles. The number of aliphatic imine (C=N–C) groups is 2. The summed E-state index contributed by atoms with van der Waals surface area (Å²) in [4.78, 5) is 49.4. The molecule has 8 nitrogen and oxygen atoms in total. The first kappa shape index (κ1) is 15.0. The van der Waals surface area contributed by atoms with Crippen molar-refractivity contribution in [2.45, 2.75) is 12.8 Å². The van der Waals surface area contributed by atoms with E-state index in [0.29, 0.717) is 0 Å². The fourth-order valence-electron chi connectivity index (χ4n) is 1.32. The summed E-state index contributed by atoms with van der Waals surface area (Å²) in [5.41, 5.74) is -0.571. The molecule has 20 heavy (non-hydrogen) atoms. The summed E-state index contributed by atoms with van der Waals surface area (Å²) in [5, 5.41) is 8.94. The van der Waals surface area contributed by atoms with Gasteiger partial charge in [-0.15, -0.1) is 9.98 Å². The van der Waals surface area contributed by atoms with E-state index in [0.717, 1.165) is 19.1 Å². The molecule has 0 atom stereocenters. The molecule has 0 unspecified atom stereocenters. The summed E-state index contributed by atoms with van der Waals surface area (Å²) in [6.07, 6.45) is 2.19. The number of carbonyl (C=O) groups excluding carboxylic acids is 3. The van der Waals surface area contributed by atoms with E-state index >= 15 is 0 Å². The lowest BCUT2D eigenvalue weighted by molar-refractivity contribution is -0.00137. The Kier molecular flexibility index (Phi) is 4.64. The second-order valence-electron chi connectivity index (χ2n) is 3.58. The van der Waals surface area contributed by atoms with E-state index in [1.54, 1.807) is 0 Å². The molecule has 0 bridgehead atoms. The number of carboxylic acids is 1. The number of hydrogen-bond donors (Lipinski definition) is 1. The topological polar surface area (TPSA) is 122 Å². The largest absolute Gasteiger partial charge is 0.478 e. The van der Waals surface area contributed by atoms with Crippen molar-refractivity contribution in [1.82, 2.24) is 0 Å². The Labute approximate surface area is 112 Å². The fourth-order valence-corrected chi connectivity index (χ4v) is 1.32. The Morgan fingerprint density at radius 2 is 1.65 bits per heavy atom. The molecule has 0 fully saturated rings. The van der Waals surface area contributed by atoms with Crippen LogP contribution in [0.5, 0.6) is 0 Å². The van der Waals surface area contributed by atoms with Crippen LogP contribution in [0.4, 0.5) is 0 Å². The highest BCUT2D eigenvalue weighted by Crippen LogP contribution is 2.18. The maximum absolute atomic E-state index is 11.9. The van der Waals surface area contributed by atoms with Gasteiger partial charge in [0.2, 0.25) is 12.2 Å². The lowest BCUT2D eigenvalue weighted by Crippen LogP contribution is -2.28. The molecule has 1 aromatic rings. The molecule has 0 spiro atoms. The van der Waals surface area contributed by atoms with Crippen LogP contribution in [0, 0.1) is 0 Å². The van der Waals surface area contributed by atoms with Crippen LogP contribution in [0.3, 0.4) is 0 Å². The second kappa shape index (κ2) is 6.19. The van der Waals surface area contributed by atoms with E-state index in [2.05, 4.69) is 9.98 Å². The normalized spacial score (nSPS) is 12.2. The quantitative estimate of drug-likeness (QED) is 0.484. The zero-order valence-electron chi connectivity index (χ0n) is 10.2. The summed E-state index contributed by atoms with van der Waals surface area (Å²) >= 11 is 0. The Hall–Kier alpha value is -3.08. The Morgan fingerprint density at radius 1 is 1.15 bits per heavy atom. The van der Waals surface area contributed by atoms with E-state index in [4.69, 9.17) is 9.84 Å². The van der Waals surface area contributed by atoms with Crippen LogP contribution in [0.25, 0.3) is 0 Å². The molecule has 0 saturated heterocycles. The molecule has 1 aromatic carbocycles. The van der Waals surface area contributed by atoms with E-state index in [1.165, 1.54) is 24.3 Å². The molecule has 0 amide bonds. The number of carbonyl (C=O) groups is 2. The van der Waals surface area contributed by atoms with Crippen molar-refractivity contribution in [3.8, 4) is 0 Å². The first-order valence-corrected chi connectivity index (χ1v) is 5.17. The average molecular weight is 276 g/mol. The Morgan fingerprint density at radius 3 is 2.10 bits per heavy atom. The number of aromatic carboxylic acids is 1. The molecule has 0 radical (unpaired) electrons. The highest BCUT2D eigenvalue weighted by Gasteiger charge is 2.30. The van der Waals surface area contributed by atoms with Crippen molar-refractivity contribution < 1.29 is 29.0 Å². The van der Waals surface area contributed by atoms with Gasteiger partial charge in [-0.05, 0) is 12.1 Å². The summed E-state index contributed by atoms with van der Waals surface area (Å²) < 4.78 is 4.74. The molecule has 1 rings (SSSR count). The third-order valence-electron chi connectivity index (χ3n) is 2.17. The van der Waals surface area contributed by atoms with E-state index in [-0.39, 0.29) is 11.1 Å². The number of nitrogens with zero attached hydrogens (tertiary/aromatic N) is 2. The van der Waals surface area contributed by atoms with Crippen LogP contribution in [-0.4, -0.2) is 35.1 Å². The first-order valence-electron chi connectivity index (χ1n) is 5.17. The van der Waals surface area contributed by atoms with Crippen molar-refractivity contribution in [3.05, 3.63) is 35.4 Å². The molecular weight excluding hydrogens is 268 g/mol. The molecular formula is C12H8N2O6. The Balaban J connectivity index is 3.17. The predicted octanol–water partition coefficient (Wildman–Crippen LogP) is 0.887. The van der Waals surface area contributed by atoms with Gasteiger partial charge in [0.05, 0.1) is 11.1 Å². The minimum atomic E-state index is -2.13. The molecule has 1 N–H and O–H groups in total. The minimum Gasteiger partial charge on any atom is -0.478 e. The molecule has 0 aromatic heterocycles. The number of benzene rings is 1. The number of ether oxygens (including phenoxy) is 1. The first-order chi connectivity index (χ1) is 9.43. The van der Waals surface area contributed by atoms with Crippen molar-refractivity contribution in [2.24, 2.45) is 9.98 Å². The lowest BCUT2D eigenvalue weighted by atomic mass is 10.1. The zero-order chi connectivity index (χ0) is 15.2. The highest BCUT2D eigenvalue weighted by atomic mass is 16.6. The van der Waals surface area contributed by atoms with Gasteiger partial charge in [0.15, 0.2) is 0 Å². The molecule has 0 saturated carbocycles. The SMILES string of the molecule is CC(N=C=O)(N=C=O)OC(=O)c1ccccc1C(=O)O. The van der Waals surface area contributed by atoms with Crippen LogP contribution >= 0.6 is 0 Å². The van der Waals surface area contributed by atoms with Crippen molar-refractivity contribution in [3.63, 3.8) is 0 Å². The van der Waals surface area contributed by atoms with Gasteiger partial charge in [-0.2, -0.15) is 0 Å². The third kappa shape index (κ3) is 3.46. The van der Waals surface area contributed by atoms with E-state index in [1.807, 2.05) is 0 Å². The van der Waals surface area contributed by atoms with Gasteiger partial charge < -0.3 is 9.84 Å². The summed E-state index contributed by atoms with van der Waals surface area (Å²) in [6, 6.07) is 5.25.